The average Bonchev–Trinajstić information content (AvgIpc) is 3.04. The number of hydrogen-bond acceptors (Lipinski definition) is 3. The first-order chi connectivity index (χ1) is 11.2. The third-order valence-corrected chi connectivity index (χ3v) is 4.66. The predicted molar refractivity (Wildman–Crippen MR) is 94.0 cm³/mol. The van der Waals surface area contributed by atoms with Crippen LogP contribution in [0.15, 0.2) is 48.5 Å². The van der Waals surface area contributed by atoms with Crippen LogP contribution in [0.3, 0.4) is 0 Å². The van der Waals surface area contributed by atoms with Crippen molar-refractivity contribution >= 4 is 0 Å². The van der Waals surface area contributed by atoms with Gasteiger partial charge in [0.05, 0.1) is 11.6 Å². The molecule has 0 aliphatic carbocycles. The molecule has 2 aromatic carbocycles. The molecule has 0 radical (unpaired) electrons. The molecule has 118 valence electrons. The van der Waals surface area contributed by atoms with Crippen LogP contribution in [0.4, 0.5) is 0 Å². The molecule has 3 heteroatoms. The quantitative estimate of drug-likeness (QED) is 0.867. The lowest BCUT2D eigenvalue weighted by Crippen LogP contribution is -2.31. The summed E-state index contributed by atoms with van der Waals surface area (Å²) in [6.07, 6.45) is 1.26. The van der Waals surface area contributed by atoms with Gasteiger partial charge >= 0.3 is 0 Å². The second kappa shape index (κ2) is 6.95. The molecule has 1 atom stereocenters. The van der Waals surface area contributed by atoms with E-state index in [9.17, 15) is 0 Å². The maximum atomic E-state index is 9.01. The summed E-state index contributed by atoms with van der Waals surface area (Å²) in [7, 11) is 4.33. The van der Waals surface area contributed by atoms with Crippen LogP contribution >= 0.6 is 0 Å². The van der Waals surface area contributed by atoms with Gasteiger partial charge in [0.25, 0.3) is 0 Å². The molecule has 0 bridgehead atoms. The molecule has 0 aromatic heterocycles. The standard InChI is InChI=1S/C20H23N3/c1-22(2)20-10-11-23(15-20)14-16-6-8-18(9-7-16)19-5-3-4-17(12-19)13-21/h3-9,12,20H,10-11,14-15H2,1-2H3. The molecule has 1 fully saturated rings. The van der Waals surface area contributed by atoms with Crippen molar-refractivity contribution in [2.24, 2.45) is 0 Å². The number of benzene rings is 2. The van der Waals surface area contributed by atoms with Crippen molar-refractivity contribution < 1.29 is 0 Å². The largest absolute Gasteiger partial charge is 0.305 e. The second-order valence-electron chi connectivity index (χ2n) is 6.53. The molecule has 3 nitrogen and oxygen atoms in total. The van der Waals surface area contributed by atoms with E-state index in [0.29, 0.717) is 11.6 Å². The number of nitrogens with zero attached hydrogens (tertiary/aromatic N) is 3. The molecule has 1 heterocycles. The molecule has 0 spiro atoms. The average molecular weight is 305 g/mol. The second-order valence-corrected chi connectivity index (χ2v) is 6.53. The molecule has 1 aliphatic rings. The number of nitriles is 1. The van der Waals surface area contributed by atoms with Gasteiger partial charge in [0, 0.05) is 25.7 Å². The number of hydrogen-bond donors (Lipinski definition) is 0. The fourth-order valence-corrected chi connectivity index (χ4v) is 3.21. The van der Waals surface area contributed by atoms with Crippen molar-refractivity contribution in [1.29, 1.82) is 5.26 Å². The Labute approximate surface area is 138 Å². The zero-order valence-corrected chi connectivity index (χ0v) is 13.9. The summed E-state index contributed by atoms with van der Waals surface area (Å²) in [6.45, 7) is 3.34. The number of likely N-dealkylation sites (tertiary alicyclic amines) is 1. The molecule has 0 amide bonds. The minimum absolute atomic E-state index is 0.683. The van der Waals surface area contributed by atoms with Gasteiger partial charge in [-0.15, -0.1) is 0 Å². The molecule has 0 saturated carbocycles. The number of rotatable bonds is 4. The van der Waals surface area contributed by atoms with Crippen molar-refractivity contribution in [2.45, 2.75) is 19.0 Å². The number of likely N-dealkylation sites (N-methyl/N-ethyl adjacent to an activating group) is 1. The molecule has 1 unspecified atom stereocenters. The fraction of sp³-hybridized carbons (Fsp3) is 0.350. The minimum atomic E-state index is 0.683. The molecule has 0 N–H and O–H groups in total. The van der Waals surface area contributed by atoms with E-state index in [0.717, 1.165) is 18.7 Å². The molecule has 1 aliphatic heterocycles. The van der Waals surface area contributed by atoms with Gasteiger partial charge in [-0.2, -0.15) is 5.26 Å². The summed E-state index contributed by atoms with van der Waals surface area (Å²) in [5.41, 5.74) is 4.32. The third-order valence-electron chi connectivity index (χ3n) is 4.66. The maximum Gasteiger partial charge on any atom is 0.0991 e. The van der Waals surface area contributed by atoms with Crippen LogP contribution in [0.1, 0.15) is 17.5 Å². The Kier molecular flexibility index (Phi) is 4.76. The minimum Gasteiger partial charge on any atom is -0.305 e. The zero-order valence-electron chi connectivity index (χ0n) is 13.9. The van der Waals surface area contributed by atoms with Crippen molar-refractivity contribution in [3.8, 4) is 17.2 Å². The highest BCUT2D eigenvalue weighted by Gasteiger charge is 2.23. The van der Waals surface area contributed by atoms with Gasteiger partial charge in [-0.05, 0) is 49.3 Å². The Bertz CT molecular complexity index is 698. The smallest absolute Gasteiger partial charge is 0.0991 e. The van der Waals surface area contributed by atoms with Crippen LogP contribution in [0, 0.1) is 11.3 Å². The van der Waals surface area contributed by atoms with Gasteiger partial charge in [-0.3, -0.25) is 4.90 Å². The summed E-state index contributed by atoms with van der Waals surface area (Å²) in [5, 5.41) is 9.01. The highest BCUT2D eigenvalue weighted by atomic mass is 15.2. The highest BCUT2D eigenvalue weighted by Crippen LogP contribution is 2.22. The summed E-state index contributed by atoms with van der Waals surface area (Å²) in [4.78, 5) is 4.85. The van der Waals surface area contributed by atoms with Crippen LogP contribution in [0.25, 0.3) is 11.1 Å². The van der Waals surface area contributed by atoms with Gasteiger partial charge in [0.1, 0.15) is 0 Å². The first kappa shape index (κ1) is 15.7. The van der Waals surface area contributed by atoms with Crippen molar-refractivity contribution in [1.82, 2.24) is 9.80 Å². The van der Waals surface area contributed by atoms with E-state index >= 15 is 0 Å². The Hall–Kier alpha value is -2.15. The first-order valence-corrected chi connectivity index (χ1v) is 8.14. The third kappa shape index (κ3) is 3.79. The van der Waals surface area contributed by atoms with E-state index in [1.54, 1.807) is 0 Å². The Morgan fingerprint density at radius 1 is 1.13 bits per heavy atom. The topological polar surface area (TPSA) is 30.3 Å². The first-order valence-electron chi connectivity index (χ1n) is 8.14. The van der Waals surface area contributed by atoms with Gasteiger partial charge in [-0.1, -0.05) is 36.4 Å². The molecule has 23 heavy (non-hydrogen) atoms. The van der Waals surface area contributed by atoms with Crippen LogP contribution in [0.5, 0.6) is 0 Å². The van der Waals surface area contributed by atoms with Gasteiger partial charge in [-0.25, -0.2) is 0 Å². The van der Waals surface area contributed by atoms with E-state index in [-0.39, 0.29) is 0 Å². The summed E-state index contributed by atoms with van der Waals surface area (Å²) < 4.78 is 0. The summed E-state index contributed by atoms with van der Waals surface area (Å²) >= 11 is 0. The Morgan fingerprint density at radius 3 is 2.57 bits per heavy atom. The van der Waals surface area contributed by atoms with Crippen molar-refractivity contribution in [3.63, 3.8) is 0 Å². The maximum absolute atomic E-state index is 9.01. The van der Waals surface area contributed by atoms with Crippen molar-refractivity contribution in [3.05, 3.63) is 59.7 Å². The summed E-state index contributed by atoms with van der Waals surface area (Å²) in [5.74, 6) is 0. The lowest BCUT2D eigenvalue weighted by Gasteiger charge is -2.20. The lowest BCUT2D eigenvalue weighted by molar-refractivity contribution is 0.264. The van der Waals surface area contributed by atoms with E-state index in [2.05, 4.69) is 60.3 Å². The van der Waals surface area contributed by atoms with Crippen LogP contribution < -0.4 is 0 Å². The SMILES string of the molecule is CN(C)C1CCN(Cc2ccc(-c3cccc(C#N)c3)cc2)C1. The summed E-state index contributed by atoms with van der Waals surface area (Å²) in [6, 6.07) is 19.4. The van der Waals surface area contributed by atoms with Crippen molar-refractivity contribution in [2.75, 3.05) is 27.2 Å². The zero-order chi connectivity index (χ0) is 16.2. The van der Waals surface area contributed by atoms with E-state index in [1.807, 2.05) is 18.2 Å². The van der Waals surface area contributed by atoms with Gasteiger partial charge in [0.2, 0.25) is 0 Å². The molecular formula is C20H23N3. The van der Waals surface area contributed by atoms with Crippen LogP contribution in [0.2, 0.25) is 0 Å². The monoisotopic (exact) mass is 305 g/mol. The normalized spacial score (nSPS) is 18.3. The van der Waals surface area contributed by atoms with Crippen LogP contribution in [-0.4, -0.2) is 43.0 Å². The lowest BCUT2D eigenvalue weighted by atomic mass is 10.0. The predicted octanol–water partition coefficient (Wildman–Crippen LogP) is 3.36. The van der Waals surface area contributed by atoms with Crippen LogP contribution in [-0.2, 0) is 6.54 Å². The molecule has 1 saturated heterocycles. The highest BCUT2D eigenvalue weighted by molar-refractivity contribution is 5.65. The Balaban J connectivity index is 1.67. The van der Waals surface area contributed by atoms with Gasteiger partial charge in [0.15, 0.2) is 0 Å². The fourth-order valence-electron chi connectivity index (χ4n) is 3.21. The van der Waals surface area contributed by atoms with E-state index in [4.69, 9.17) is 5.26 Å². The van der Waals surface area contributed by atoms with Gasteiger partial charge < -0.3 is 4.90 Å². The molecular weight excluding hydrogens is 282 g/mol. The van der Waals surface area contributed by atoms with E-state index in [1.165, 1.54) is 24.1 Å². The molecule has 3 rings (SSSR count). The molecule has 2 aromatic rings. The Morgan fingerprint density at radius 2 is 1.91 bits per heavy atom. The van der Waals surface area contributed by atoms with E-state index < -0.39 is 0 Å².